The van der Waals surface area contributed by atoms with E-state index in [1.54, 1.807) is 0 Å². The third-order valence-corrected chi connectivity index (χ3v) is 10.5. The number of rotatable bonds is 5. The lowest BCUT2D eigenvalue weighted by atomic mass is 9.45. The van der Waals surface area contributed by atoms with Crippen molar-refractivity contribution in [3.05, 3.63) is 12.2 Å². The smallest absolute Gasteiger partial charge is 0.168 e. The summed E-state index contributed by atoms with van der Waals surface area (Å²) in [6.07, 6.45) is 16.8. The molecule has 4 aliphatic carbocycles. The van der Waals surface area contributed by atoms with Crippen LogP contribution >= 0.6 is 0 Å². The van der Waals surface area contributed by atoms with Gasteiger partial charge in [0.1, 0.15) is 0 Å². The Labute approximate surface area is 179 Å². The Hall–Kier alpha value is -0.340. The topological polar surface area (TPSA) is 40.5 Å². The molecule has 4 rings (SSSR count). The Kier molecular flexibility index (Phi) is 5.78. The number of allylic oxidation sites excluding steroid dienone is 2. The Morgan fingerprint density at radius 2 is 1.66 bits per heavy atom. The molecule has 2 heteroatoms. The average Bonchev–Trinajstić information content (AvgIpc) is 2.99. The number of aliphatic hydroxyl groups is 2. The largest absolute Gasteiger partial charge is 0.365 e. The molecule has 166 valence electrons. The molecule has 0 amide bonds. The van der Waals surface area contributed by atoms with Gasteiger partial charge in [0, 0.05) is 11.8 Å². The van der Waals surface area contributed by atoms with Crippen LogP contribution in [0.4, 0.5) is 0 Å². The van der Waals surface area contributed by atoms with Crippen LogP contribution < -0.4 is 0 Å². The molecule has 1 unspecified atom stereocenters. The summed E-state index contributed by atoms with van der Waals surface area (Å²) in [6, 6.07) is 0. The summed E-state index contributed by atoms with van der Waals surface area (Å²) in [6.45, 7) is 12.0. The fraction of sp³-hybridized carbons (Fsp3) is 0.926. The van der Waals surface area contributed by atoms with Crippen molar-refractivity contribution in [3.63, 3.8) is 0 Å². The molecule has 0 spiro atoms. The van der Waals surface area contributed by atoms with Gasteiger partial charge in [0.05, 0.1) is 0 Å². The third-order valence-electron chi connectivity index (χ3n) is 10.5. The van der Waals surface area contributed by atoms with Gasteiger partial charge in [-0.15, -0.1) is 0 Å². The fourth-order valence-electron chi connectivity index (χ4n) is 8.75. The molecule has 2 N–H and O–H groups in total. The van der Waals surface area contributed by atoms with Gasteiger partial charge in [-0.3, -0.25) is 0 Å². The van der Waals surface area contributed by atoms with Crippen LogP contribution in [0, 0.1) is 52.3 Å². The van der Waals surface area contributed by atoms with E-state index < -0.39 is 5.79 Å². The monoisotopic (exact) mass is 402 g/mol. The van der Waals surface area contributed by atoms with Crippen molar-refractivity contribution in [1.29, 1.82) is 0 Å². The third kappa shape index (κ3) is 3.36. The van der Waals surface area contributed by atoms with E-state index in [2.05, 4.69) is 46.8 Å². The van der Waals surface area contributed by atoms with Gasteiger partial charge < -0.3 is 10.2 Å². The maximum Gasteiger partial charge on any atom is 0.168 e. The minimum absolute atomic E-state index is 0.337. The van der Waals surface area contributed by atoms with Gasteiger partial charge in [0.25, 0.3) is 0 Å². The molecule has 0 bridgehead atoms. The van der Waals surface area contributed by atoms with E-state index in [1.807, 2.05) is 0 Å². The van der Waals surface area contributed by atoms with Crippen molar-refractivity contribution < 1.29 is 10.2 Å². The summed E-state index contributed by atoms with van der Waals surface area (Å²) >= 11 is 0. The molecule has 0 aromatic rings. The molecule has 0 aromatic heterocycles. The van der Waals surface area contributed by atoms with Gasteiger partial charge in [0.15, 0.2) is 5.79 Å². The zero-order valence-corrected chi connectivity index (χ0v) is 19.7. The quantitative estimate of drug-likeness (QED) is 0.403. The van der Waals surface area contributed by atoms with E-state index in [0.29, 0.717) is 29.6 Å². The highest BCUT2D eigenvalue weighted by Crippen LogP contribution is 2.68. The van der Waals surface area contributed by atoms with Crippen LogP contribution in [0.1, 0.15) is 98.8 Å². The number of fused-ring (bicyclic) bond motifs is 5. The molecule has 2 nitrogen and oxygen atoms in total. The molecule has 0 aromatic carbocycles. The minimum atomic E-state index is -1.50. The van der Waals surface area contributed by atoms with E-state index >= 15 is 0 Å². The predicted molar refractivity (Wildman–Crippen MR) is 120 cm³/mol. The fourth-order valence-corrected chi connectivity index (χ4v) is 8.75. The number of hydrogen-bond acceptors (Lipinski definition) is 2. The van der Waals surface area contributed by atoms with Crippen LogP contribution in [-0.2, 0) is 0 Å². The Balaban J connectivity index is 1.54. The molecule has 3 fully saturated rings. The van der Waals surface area contributed by atoms with Crippen molar-refractivity contribution >= 4 is 0 Å². The summed E-state index contributed by atoms with van der Waals surface area (Å²) in [4.78, 5) is 0. The van der Waals surface area contributed by atoms with Crippen LogP contribution in [0.5, 0.6) is 0 Å². The zero-order chi connectivity index (χ0) is 21.0. The van der Waals surface area contributed by atoms with Crippen molar-refractivity contribution in [3.8, 4) is 0 Å². The first kappa shape index (κ1) is 21.9. The van der Waals surface area contributed by atoms with Crippen LogP contribution in [0.15, 0.2) is 12.2 Å². The lowest BCUT2D eigenvalue weighted by Crippen LogP contribution is -2.62. The van der Waals surface area contributed by atoms with E-state index in [4.69, 9.17) is 0 Å². The van der Waals surface area contributed by atoms with E-state index in [1.165, 1.54) is 44.9 Å². The second-order valence-electron chi connectivity index (χ2n) is 12.3. The van der Waals surface area contributed by atoms with E-state index in [-0.39, 0.29) is 5.41 Å². The summed E-state index contributed by atoms with van der Waals surface area (Å²) in [5, 5.41) is 22.2. The van der Waals surface area contributed by atoms with E-state index in [0.717, 1.165) is 36.5 Å². The first-order chi connectivity index (χ1) is 13.6. The molecule has 0 radical (unpaired) electrons. The predicted octanol–water partition coefficient (Wildman–Crippen LogP) is 6.56. The first-order valence-electron chi connectivity index (χ1n) is 12.7. The summed E-state index contributed by atoms with van der Waals surface area (Å²) < 4.78 is 0. The van der Waals surface area contributed by atoms with Crippen LogP contribution in [0.25, 0.3) is 0 Å². The van der Waals surface area contributed by atoms with Crippen molar-refractivity contribution in [2.75, 3.05) is 0 Å². The van der Waals surface area contributed by atoms with Crippen LogP contribution in [0.3, 0.4) is 0 Å². The zero-order valence-electron chi connectivity index (χ0n) is 19.7. The SMILES string of the molecule is CC(C)CCC[C@@H](C)[C@H]1CC[C@H]2[C@@H]3C=CC4CCCC(O)(O)[C@]4(C)[C@H]3CC[C@]12C. The van der Waals surface area contributed by atoms with Gasteiger partial charge >= 0.3 is 0 Å². The average molecular weight is 403 g/mol. The molecule has 8 atom stereocenters. The molecule has 3 saturated carbocycles. The number of hydrogen-bond donors (Lipinski definition) is 2. The summed E-state index contributed by atoms with van der Waals surface area (Å²) in [5.41, 5.74) is 0.0706. The standard InChI is InChI=1S/C27H46O2/c1-18(2)8-6-9-19(3)22-13-14-23-21-12-11-20-10-7-16-27(28,29)26(20,5)24(21)15-17-25(22,23)4/h11-12,18-24,28-29H,6-10,13-17H2,1-5H3/t19-,20?,21+,22-,23+,24+,25-,26+/m1/s1. The summed E-state index contributed by atoms with van der Waals surface area (Å²) in [5.74, 6) is 3.02. The molecular formula is C27H46O2. The Morgan fingerprint density at radius 1 is 0.897 bits per heavy atom. The second kappa shape index (κ2) is 7.66. The summed E-state index contributed by atoms with van der Waals surface area (Å²) in [7, 11) is 0. The minimum Gasteiger partial charge on any atom is -0.365 e. The molecule has 0 saturated heterocycles. The van der Waals surface area contributed by atoms with Gasteiger partial charge in [-0.1, -0.05) is 66.0 Å². The molecular weight excluding hydrogens is 356 g/mol. The highest BCUT2D eigenvalue weighted by atomic mass is 16.5. The highest BCUT2D eigenvalue weighted by Gasteiger charge is 2.64. The lowest BCUT2D eigenvalue weighted by molar-refractivity contribution is -0.297. The molecule has 0 heterocycles. The lowest BCUT2D eigenvalue weighted by Gasteiger charge is -2.61. The normalized spacial score (nSPS) is 46.8. The van der Waals surface area contributed by atoms with Crippen molar-refractivity contribution in [1.82, 2.24) is 0 Å². The van der Waals surface area contributed by atoms with Gasteiger partial charge in [-0.2, -0.15) is 0 Å². The maximum absolute atomic E-state index is 11.1. The van der Waals surface area contributed by atoms with Gasteiger partial charge in [0.2, 0.25) is 0 Å². The Bertz CT molecular complexity index is 622. The highest BCUT2D eigenvalue weighted by molar-refractivity contribution is 5.20. The van der Waals surface area contributed by atoms with Crippen LogP contribution in [-0.4, -0.2) is 16.0 Å². The van der Waals surface area contributed by atoms with Crippen molar-refractivity contribution in [2.24, 2.45) is 52.3 Å². The molecule has 0 aliphatic heterocycles. The van der Waals surface area contributed by atoms with Gasteiger partial charge in [-0.25, -0.2) is 0 Å². The van der Waals surface area contributed by atoms with Crippen LogP contribution in [0.2, 0.25) is 0 Å². The second-order valence-corrected chi connectivity index (χ2v) is 12.3. The van der Waals surface area contributed by atoms with Gasteiger partial charge in [-0.05, 0) is 85.4 Å². The molecule has 29 heavy (non-hydrogen) atoms. The van der Waals surface area contributed by atoms with E-state index in [9.17, 15) is 10.2 Å². The Morgan fingerprint density at radius 3 is 2.38 bits per heavy atom. The molecule has 4 aliphatic rings. The maximum atomic E-state index is 11.1. The first-order valence-corrected chi connectivity index (χ1v) is 12.7. The van der Waals surface area contributed by atoms with Crippen molar-refractivity contribution in [2.45, 2.75) is 105 Å².